The Balaban J connectivity index is 1.34. The molecule has 0 bridgehead atoms. The van der Waals surface area contributed by atoms with Crippen LogP contribution in [0, 0.1) is 10.1 Å². The Kier molecular flexibility index (Phi) is 6.96. The fraction of sp³-hybridized carbons (Fsp3) is 0.100. The number of ether oxygens (including phenoxy) is 1. The quantitative estimate of drug-likeness (QED) is 0.263. The molecule has 0 fully saturated rings. The summed E-state index contributed by atoms with van der Waals surface area (Å²) in [6, 6.07) is 10.6. The third-order valence-corrected chi connectivity index (χ3v) is 5.48. The maximum absolute atomic E-state index is 12.5. The maximum Gasteiger partial charge on any atom is 0.278 e. The van der Waals surface area contributed by atoms with Crippen LogP contribution in [0.4, 0.5) is 11.6 Å². The van der Waals surface area contributed by atoms with E-state index in [0.29, 0.717) is 16.6 Å². The van der Waals surface area contributed by atoms with Crippen molar-refractivity contribution in [3.05, 3.63) is 91.4 Å². The highest BCUT2D eigenvalue weighted by atomic mass is 35.5. The molecule has 0 aliphatic carbocycles. The monoisotopic (exact) mass is 521 g/mol. The molecule has 1 amide bonds. The van der Waals surface area contributed by atoms with E-state index in [2.05, 4.69) is 20.5 Å². The van der Waals surface area contributed by atoms with Crippen molar-refractivity contribution >= 4 is 52.3 Å². The first-order valence-corrected chi connectivity index (χ1v) is 10.7. The summed E-state index contributed by atoms with van der Waals surface area (Å²) in [5, 5.41) is 22.7. The molecule has 2 aromatic heterocycles. The summed E-state index contributed by atoms with van der Waals surface area (Å²) in [5.41, 5.74) is 0.826. The highest BCUT2D eigenvalue weighted by molar-refractivity contribution is 6.42. The minimum absolute atomic E-state index is 0.0681. The van der Waals surface area contributed by atoms with Crippen molar-refractivity contribution < 1.29 is 14.5 Å². The minimum Gasteiger partial charge on any atom is -0.470 e. The van der Waals surface area contributed by atoms with Crippen LogP contribution in [0.1, 0.15) is 16.1 Å². The lowest BCUT2D eigenvalue weighted by Crippen LogP contribution is -2.15. The summed E-state index contributed by atoms with van der Waals surface area (Å²) in [6.45, 7) is 0.318. The van der Waals surface area contributed by atoms with Crippen LogP contribution in [0.5, 0.6) is 5.75 Å². The fourth-order valence-corrected chi connectivity index (χ4v) is 3.38. The number of benzene rings is 2. The standard InChI is InChI=1S/C20H14Cl3N7O4/c21-14-3-1-12(7-15(14)22)9-29-10-24-20(27-29)25-19(31)17-5-6-28(26-17)11-34-18-4-2-13(30(32)33)8-16(18)23/h1-8,10H,9,11H2,(H,25,27,31). The van der Waals surface area contributed by atoms with Gasteiger partial charge in [0.05, 0.1) is 26.5 Å². The number of carbonyl (C=O) groups excluding carboxylic acids is 1. The number of nitrogens with one attached hydrogen (secondary N) is 1. The van der Waals surface area contributed by atoms with Crippen LogP contribution in [0.2, 0.25) is 15.1 Å². The van der Waals surface area contributed by atoms with Crippen LogP contribution >= 0.6 is 34.8 Å². The summed E-state index contributed by atoms with van der Waals surface area (Å²) in [6.07, 6.45) is 3.00. The number of nitro benzene ring substituents is 1. The van der Waals surface area contributed by atoms with E-state index in [1.165, 1.54) is 46.2 Å². The van der Waals surface area contributed by atoms with E-state index >= 15 is 0 Å². The van der Waals surface area contributed by atoms with E-state index in [0.717, 1.165) is 5.56 Å². The summed E-state index contributed by atoms with van der Waals surface area (Å²) >= 11 is 17.9. The molecular weight excluding hydrogens is 509 g/mol. The van der Waals surface area contributed by atoms with Crippen molar-refractivity contribution in [2.45, 2.75) is 13.3 Å². The second kappa shape index (κ2) is 10.1. The Morgan fingerprint density at radius 2 is 1.85 bits per heavy atom. The van der Waals surface area contributed by atoms with Gasteiger partial charge in [-0.3, -0.25) is 20.2 Å². The van der Waals surface area contributed by atoms with Crippen molar-refractivity contribution in [2.24, 2.45) is 0 Å². The number of rotatable bonds is 8. The topological polar surface area (TPSA) is 130 Å². The average molecular weight is 523 g/mol. The smallest absolute Gasteiger partial charge is 0.278 e. The second-order valence-electron chi connectivity index (χ2n) is 6.85. The third-order valence-electron chi connectivity index (χ3n) is 4.44. The van der Waals surface area contributed by atoms with Gasteiger partial charge in [0.1, 0.15) is 12.1 Å². The summed E-state index contributed by atoms with van der Waals surface area (Å²) in [7, 11) is 0. The number of aromatic nitrogens is 5. The molecule has 0 spiro atoms. The largest absolute Gasteiger partial charge is 0.470 e. The first-order valence-electron chi connectivity index (χ1n) is 9.53. The number of amides is 1. The Hall–Kier alpha value is -3.67. The van der Waals surface area contributed by atoms with Gasteiger partial charge in [-0.15, -0.1) is 5.10 Å². The van der Waals surface area contributed by atoms with Crippen LogP contribution in [0.25, 0.3) is 0 Å². The molecule has 0 aliphatic heterocycles. The number of anilines is 1. The molecular formula is C20H14Cl3N7O4. The van der Waals surface area contributed by atoms with Crippen molar-refractivity contribution in [3.63, 3.8) is 0 Å². The predicted octanol–water partition coefficient (Wildman–Crippen LogP) is 4.68. The number of non-ortho nitro benzene ring substituents is 1. The molecule has 34 heavy (non-hydrogen) atoms. The average Bonchev–Trinajstić information content (AvgIpc) is 3.45. The Morgan fingerprint density at radius 1 is 1.03 bits per heavy atom. The molecule has 11 nitrogen and oxygen atoms in total. The first kappa shape index (κ1) is 23.5. The second-order valence-corrected chi connectivity index (χ2v) is 8.08. The number of hydrogen-bond acceptors (Lipinski definition) is 7. The lowest BCUT2D eigenvalue weighted by Gasteiger charge is -2.07. The zero-order valence-electron chi connectivity index (χ0n) is 17.1. The van der Waals surface area contributed by atoms with Gasteiger partial charge < -0.3 is 4.74 Å². The molecule has 0 saturated heterocycles. The van der Waals surface area contributed by atoms with Crippen molar-refractivity contribution in [2.75, 3.05) is 5.32 Å². The zero-order valence-corrected chi connectivity index (χ0v) is 19.3. The van der Waals surface area contributed by atoms with Crippen LogP contribution in [-0.2, 0) is 13.3 Å². The van der Waals surface area contributed by atoms with E-state index in [1.807, 2.05) is 6.07 Å². The molecule has 2 heterocycles. The molecule has 0 radical (unpaired) electrons. The van der Waals surface area contributed by atoms with Gasteiger partial charge in [0.25, 0.3) is 11.6 Å². The van der Waals surface area contributed by atoms with E-state index < -0.39 is 10.8 Å². The number of nitro groups is 1. The van der Waals surface area contributed by atoms with Crippen molar-refractivity contribution in [1.29, 1.82) is 0 Å². The van der Waals surface area contributed by atoms with Crippen LogP contribution in [0.3, 0.4) is 0 Å². The van der Waals surface area contributed by atoms with Gasteiger partial charge in [-0.1, -0.05) is 40.9 Å². The van der Waals surface area contributed by atoms with Crippen LogP contribution in [-0.4, -0.2) is 35.4 Å². The van der Waals surface area contributed by atoms with Crippen LogP contribution < -0.4 is 10.1 Å². The van der Waals surface area contributed by atoms with Crippen molar-refractivity contribution in [3.8, 4) is 5.75 Å². The van der Waals surface area contributed by atoms with E-state index in [1.54, 1.807) is 12.1 Å². The Morgan fingerprint density at radius 3 is 2.59 bits per heavy atom. The van der Waals surface area contributed by atoms with Gasteiger partial charge in [0.15, 0.2) is 12.4 Å². The number of hydrogen-bond donors (Lipinski definition) is 1. The Labute approximate surface area is 207 Å². The predicted molar refractivity (Wildman–Crippen MR) is 125 cm³/mol. The summed E-state index contributed by atoms with van der Waals surface area (Å²) in [5.74, 6) is -0.168. The fourth-order valence-electron chi connectivity index (χ4n) is 2.83. The molecule has 4 rings (SSSR count). The SMILES string of the molecule is O=C(Nc1ncn(Cc2ccc(Cl)c(Cl)c2)n1)c1ccn(COc2ccc([N+](=O)[O-])cc2Cl)n1. The highest BCUT2D eigenvalue weighted by Crippen LogP contribution is 2.28. The van der Waals surface area contributed by atoms with E-state index in [-0.39, 0.29) is 34.8 Å². The van der Waals surface area contributed by atoms with Gasteiger partial charge >= 0.3 is 0 Å². The molecule has 0 atom stereocenters. The normalized spacial score (nSPS) is 10.8. The summed E-state index contributed by atoms with van der Waals surface area (Å²) < 4.78 is 8.41. The van der Waals surface area contributed by atoms with Gasteiger partial charge in [0.2, 0.25) is 5.95 Å². The molecule has 174 valence electrons. The molecule has 0 saturated carbocycles. The summed E-state index contributed by atoms with van der Waals surface area (Å²) in [4.78, 5) is 26.8. The molecule has 0 aliphatic rings. The van der Waals surface area contributed by atoms with Gasteiger partial charge in [-0.2, -0.15) is 5.10 Å². The number of halogens is 3. The molecule has 1 N–H and O–H groups in total. The zero-order chi connectivity index (χ0) is 24.2. The number of nitrogens with zero attached hydrogens (tertiary/aromatic N) is 6. The number of carbonyl (C=O) groups is 1. The first-order chi connectivity index (χ1) is 16.3. The maximum atomic E-state index is 12.5. The highest BCUT2D eigenvalue weighted by Gasteiger charge is 2.14. The van der Waals surface area contributed by atoms with E-state index in [9.17, 15) is 14.9 Å². The van der Waals surface area contributed by atoms with Gasteiger partial charge in [0, 0.05) is 18.3 Å². The lowest BCUT2D eigenvalue weighted by molar-refractivity contribution is -0.384. The minimum atomic E-state index is -0.556. The van der Waals surface area contributed by atoms with Gasteiger partial charge in [-0.05, 0) is 29.8 Å². The molecule has 0 unspecified atom stereocenters. The van der Waals surface area contributed by atoms with Crippen LogP contribution in [0.15, 0.2) is 55.0 Å². The Bertz CT molecular complexity index is 1370. The van der Waals surface area contributed by atoms with Crippen molar-refractivity contribution in [1.82, 2.24) is 24.5 Å². The molecule has 2 aromatic carbocycles. The van der Waals surface area contributed by atoms with Gasteiger partial charge in [-0.25, -0.2) is 14.3 Å². The third kappa shape index (κ3) is 5.63. The lowest BCUT2D eigenvalue weighted by atomic mass is 10.2. The molecule has 14 heteroatoms. The molecule has 4 aromatic rings. The van der Waals surface area contributed by atoms with E-state index in [4.69, 9.17) is 39.5 Å².